The summed E-state index contributed by atoms with van der Waals surface area (Å²) in [7, 11) is 0. The van der Waals surface area contributed by atoms with Gasteiger partial charge in [0.15, 0.2) is 0 Å². The van der Waals surface area contributed by atoms with Gasteiger partial charge in [0.1, 0.15) is 0 Å². The first-order valence-corrected chi connectivity index (χ1v) is 8.05. The third kappa shape index (κ3) is 7.38. The highest BCUT2D eigenvalue weighted by atomic mass is 15.2. The molecule has 0 aliphatic carbocycles. The summed E-state index contributed by atoms with van der Waals surface area (Å²) in [4.78, 5) is 2.70. The zero-order chi connectivity index (χ0) is 14.0. The lowest BCUT2D eigenvalue weighted by Crippen LogP contribution is -2.44. The fraction of sp³-hybridized carbons (Fsp3) is 1.00. The van der Waals surface area contributed by atoms with Crippen LogP contribution in [-0.2, 0) is 0 Å². The summed E-state index contributed by atoms with van der Waals surface area (Å²) in [6.07, 6.45) is 6.36. The highest BCUT2D eigenvalue weighted by Gasteiger charge is 2.19. The van der Waals surface area contributed by atoms with Gasteiger partial charge in [-0.3, -0.25) is 4.90 Å². The lowest BCUT2D eigenvalue weighted by atomic mass is 10.0. The summed E-state index contributed by atoms with van der Waals surface area (Å²) in [6, 6.07) is 2.03. The van der Waals surface area contributed by atoms with Gasteiger partial charge in [0.05, 0.1) is 0 Å². The molecule has 0 saturated heterocycles. The topological polar surface area (TPSA) is 15.3 Å². The second-order valence-electron chi connectivity index (χ2n) is 5.79. The Balaban J connectivity index is 4.22. The normalized spacial score (nSPS) is 16.8. The quantitative estimate of drug-likeness (QED) is 0.600. The lowest BCUT2D eigenvalue weighted by Gasteiger charge is -2.35. The molecule has 1 N–H and O–H groups in total. The molecule has 0 aromatic carbocycles. The monoisotopic (exact) mass is 256 g/mol. The molecule has 0 amide bonds. The van der Waals surface area contributed by atoms with Crippen molar-refractivity contribution in [2.24, 2.45) is 0 Å². The Hall–Kier alpha value is -0.0800. The first-order valence-electron chi connectivity index (χ1n) is 8.05. The molecule has 18 heavy (non-hydrogen) atoms. The van der Waals surface area contributed by atoms with E-state index in [0.717, 1.165) is 6.54 Å². The van der Waals surface area contributed by atoms with E-state index in [1.165, 1.54) is 38.6 Å². The van der Waals surface area contributed by atoms with Gasteiger partial charge < -0.3 is 5.32 Å². The Kier molecular flexibility index (Phi) is 10.8. The van der Waals surface area contributed by atoms with Gasteiger partial charge in [-0.1, -0.05) is 27.2 Å². The Labute approximate surface area is 116 Å². The largest absolute Gasteiger partial charge is 0.314 e. The van der Waals surface area contributed by atoms with Gasteiger partial charge in [0, 0.05) is 18.1 Å². The van der Waals surface area contributed by atoms with Crippen molar-refractivity contribution in [1.29, 1.82) is 0 Å². The molecular formula is C16H36N2. The van der Waals surface area contributed by atoms with Crippen molar-refractivity contribution in [2.75, 3.05) is 13.1 Å². The van der Waals surface area contributed by atoms with Crippen molar-refractivity contribution >= 4 is 0 Å². The minimum absolute atomic E-state index is 0.633. The maximum Gasteiger partial charge on any atom is 0.00844 e. The molecule has 0 aromatic rings. The van der Waals surface area contributed by atoms with Crippen molar-refractivity contribution < 1.29 is 0 Å². The van der Waals surface area contributed by atoms with Crippen molar-refractivity contribution in [3.63, 3.8) is 0 Å². The average Bonchev–Trinajstić information content (AvgIpc) is 2.36. The Morgan fingerprint density at radius 3 is 2.11 bits per heavy atom. The summed E-state index contributed by atoms with van der Waals surface area (Å²) < 4.78 is 0. The van der Waals surface area contributed by atoms with E-state index in [1.54, 1.807) is 0 Å². The molecule has 0 bridgehead atoms. The van der Waals surface area contributed by atoms with Gasteiger partial charge in [0.25, 0.3) is 0 Å². The van der Waals surface area contributed by atoms with Crippen LogP contribution in [0, 0.1) is 0 Å². The SMILES string of the molecule is CCCCN(C(C)CC)C(C)CC(C)NCCC. The van der Waals surface area contributed by atoms with E-state index >= 15 is 0 Å². The third-order valence-electron chi connectivity index (χ3n) is 3.93. The maximum atomic E-state index is 3.60. The highest BCUT2D eigenvalue weighted by molar-refractivity contribution is 4.76. The second kappa shape index (κ2) is 10.8. The molecule has 0 saturated carbocycles. The minimum Gasteiger partial charge on any atom is -0.314 e. The van der Waals surface area contributed by atoms with Crippen LogP contribution in [0.1, 0.15) is 73.6 Å². The molecule has 0 spiro atoms. The van der Waals surface area contributed by atoms with Crippen LogP contribution in [0.5, 0.6) is 0 Å². The smallest absolute Gasteiger partial charge is 0.00844 e. The van der Waals surface area contributed by atoms with Gasteiger partial charge in [-0.15, -0.1) is 0 Å². The molecule has 0 heterocycles. The first kappa shape index (κ1) is 17.9. The van der Waals surface area contributed by atoms with Gasteiger partial charge >= 0.3 is 0 Å². The van der Waals surface area contributed by atoms with E-state index < -0.39 is 0 Å². The van der Waals surface area contributed by atoms with Crippen molar-refractivity contribution in [1.82, 2.24) is 10.2 Å². The van der Waals surface area contributed by atoms with E-state index in [9.17, 15) is 0 Å². The molecule has 0 aliphatic heterocycles. The molecule has 0 rings (SSSR count). The van der Waals surface area contributed by atoms with Crippen LogP contribution in [0.3, 0.4) is 0 Å². The highest BCUT2D eigenvalue weighted by Crippen LogP contribution is 2.14. The number of unbranched alkanes of at least 4 members (excludes halogenated alkanes) is 1. The van der Waals surface area contributed by atoms with Gasteiger partial charge in [-0.2, -0.15) is 0 Å². The third-order valence-corrected chi connectivity index (χ3v) is 3.93. The van der Waals surface area contributed by atoms with Crippen LogP contribution in [-0.4, -0.2) is 36.1 Å². The van der Waals surface area contributed by atoms with Gasteiger partial charge in [0.2, 0.25) is 0 Å². The molecule has 3 unspecified atom stereocenters. The molecule has 3 atom stereocenters. The fourth-order valence-electron chi connectivity index (χ4n) is 2.57. The maximum absolute atomic E-state index is 3.60. The van der Waals surface area contributed by atoms with E-state index in [2.05, 4.69) is 51.8 Å². The minimum atomic E-state index is 0.633. The lowest BCUT2D eigenvalue weighted by molar-refractivity contribution is 0.133. The molecule has 0 radical (unpaired) electrons. The zero-order valence-corrected chi connectivity index (χ0v) is 13.6. The standard InChI is InChI=1S/C16H36N2/c1-7-10-12-18(15(5)9-3)16(6)13-14(4)17-11-8-2/h14-17H,7-13H2,1-6H3. The predicted octanol–water partition coefficient (Wildman–Crippen LogP) is 4.05. The number of nitrogens with one attached hydrogen (secondary N) is 1. The van der Waals surface area contributed by atoms with Crippen LogP contribution < -0.4 is 5.32 Å². The molecular weight excluding hydrogens is 220 g/mol. The number of nitrogens with zero attached hydrogens (tertiary/aromatic N) is 1. The fourth-order valence-corrected chi connectivity index (χ4v) is 2.57. The van der Waals surface area contributed by atoms with Gasteiger partial charge in [-0.05, 0) is 59.5 Å². The molecule has 0 aromatic heterocycles. The van der Waals surface area contributed by atoms with Crippen LogP contribution in [0.25, 0.3) is 0 Å². The molecule has 110 valence electrons. The van der Waals surface area contributed by atoms with Crippen LogP contribution in [0.2, 0.25) is 0 Å². The van der Waals surface area contributed by atoms with E-state index in [0.29, 0.717) is 18.1 Å². The number of rotatable bonds is 11. The van der Waals surface area contributed by atoms with Gasteiger partial charge in [-0.25, -0.2) is 0 Å². The van der Waals surface area contributed by atoms with E-state index in [1.807, 2.05) is 0 Å². The summed E-state index contributed by atoms with van der Waals surface area (Å²) in [5.41, 5.74) is 0. The van der Waals surface area contributed by atoms with E-state index in [-0.39, 0.29) is 0 Å². The molecule has 2 heteroatoms. The van der Waals surface area contributed by atoms with Crippen molar-refractivity contribution in [2.45, 2.75) is 91.8 Å². The summed E-state index contributed by atoms with van der Waals surface area (Å²) in [5.74, 6) is 0. The van der Waals surface area contributed by atoms with Crippen molar-refractivity contribution in [3.8, 4) is 0 Å². The average molecular weight is 256 g/mol. The zero-order valence-electron chi connectivity index (χ0n) is 13.6. The summed E-state index contributed by atoms with van der Waals surface area (Å²) in [5, 5.41) is 3.60. The van der Waals surface area contributed by atoms with E-state index in [4.69, 9.17) is 0 Å². The van der Waals surface area contributed by atoms with Crippen LogP contribution in [0.4, 0.5) is 0 Å². The van der Waals surface area contributed by atoms with Crippen molar-refractivity contribution in [3.05, 3.63) is 0 Å². The van der Waals surface area contributed by atoms with Crippen LogP contribution >= 0.6 is 0 Å². The number of hydrogen-bond donors (Lipinski definition) is 1. The number of hydrogen-bond acceptors (Lipinski definition) is 2. The Morgan fingerprint density at radius 1 is 0.944 bits per heavy atom. The summed E-state index contributed by atoms with van der Waals surface area (Å²) >= 11 is 0. The Morgan fingerprint density at radius 2 is 1.61 bits per heavy atom. The predicted molar refractivity (Wildman–Crippen MR) is 83.2 cm³/mol. The second-order valence-corrected chi connectivity index (χ2v) is 5.79. The first-order chi connectivity index (χ1) is 8.56. The van der Waals surface area contributed by atoms with Crippen LogP contribution in [0.15, 0.2) is 0 Å². The molecule has 2 nitrogen and oxygen atoms in total. The molecule has 0 fully saturated rings. The summed E-state index contributed by atoms with van der Waals surface area (Å²) in [6.45, 7) is 16.3. The molecule has 0 aliphatic rings. The Bertz CT molecular complexity index is 182.